The number of nitrogens with zero attached hydrogens (tertiary/aromatic N) is 1. The molecule has 0 N–H and O–H groups in total. The van der Waals surface area contributed by atoms with Crippen LogP contribution >= 0.6 is 0 Å². The van der Waals surface area contributed by atoms with Crippen LogP contribution in [0.25, 0.3) is 0 Å². The molecule has 2 aromatic rings. The summed E-state index contributed by atoms with van der Waals surface area (Å²) in [5.74, 6) is 0. The fourth-order valence-electron chi connectivity index (χ4n) is 1.26. The quantitative estimate of drug-likeness (QED) is 0.770. The summed E-state index contributed by atoms with van der Waals surface area (Å²) in [6.45, 7) is 0. The molecule has 1 nitrogen and oxygen atoms in total. The topological polar surface area (TPSA) is 12.9 Å². The number of alkyl halides is 3. The minimum absolute atomic E-state index is 0.192. The zero-order chi connectivity index (χ0) is 12.3. The van der Waals surface area contributed by atoms with Crippen LogP contribution in [0.2, 0.25) is 0 Å². The fraction of sp³-hybridized carbons (Fsp3) is 0.0833. The zero-order valence-corrected chi connectivity index (χ0v) is 10.3. The van der Waals surface area contributed by atoms with E-state index in [-0.39, 0.29) is 15.0 Å². The van der Waals surface area contributed by atoms with Crippen LogP contribution in [0.1, 0.15) is 5.56 Å². The molecule has 0 saturated heterocycles. The van der Waals surface area contributed by atoms with Crippen molar-refractivity contribution in [1.82, 2.24) is 4.98 Å². The maximum absolute atomic E-state index is 12.5. The van der Waals surface area contributed by atoms with Gasteiger partial charge >= 0.3 is 103 Å². The molecule has 0 aliphatic carbocycles. The predicted molar refractivity (Wildman–Crippen MR) is 60.7 cm³/mol. The average Bonchev–Trinajstić information content (AvgIpc) is 2.29. The monoisotopic (exact) mass is 303 g/mol. The van der Waals surface area contributed by atoms with Crippen LogP contribution in [0, 0.1) is 0 Å². The number of rotatable bonds is 2. The molecular weight excluding hydrogens is 294 g/mol. The van der Waals surface area contributed by atoms with Gasteiger partial charge < -0.3 is 0 Å². The second kappa shape index (κ2) is 4.90. The molecule has 5 heteroatoms. The third kappa shape index (κ3) is 3.32. The van der Waals surface area contributed by atoms with E-state index in [1.54, 1.807) is 18.3 Å². The molecule has 2 rings (SSSR count). The molecule has 0 spiro atoms. The van der Waals surface area contributed by atoms with E-state index in [1.807, 2.05) is 12.1 Å². The standard InChI is InChI=1S/C12H8F3NSe/c13-12(14,15)9-4-3-5-10(8-9)17-11-6-1-2-7-16-11/h1-8H. The minimum atomic E-state index is -4.28. The van der Waals surface area contributed by atoms with Gasteiger partial charge in [0.05, 0.1) is 0 Å². The third-order valence-corrected chi connectivity index (χ3v) is 3.99. The second-order valence-corrected chi connectivity index (χ2v) is 5.59. The van der Waals surface area contributed by atoms with Gasteiger partial charge in [-0.25, -0.2) is 0 Å². The molecule has 0 aliphatic rings. The third-order valence-electron chi connectivity index (χ3n) is 2.02. The van der Waals surface area contributed by atoms with E-state index >= 15 is 0 Å². The molecule has 17 heavy (non-hydrogen) atoms. The summed E-state index contributed by atoms with van der Waals surface area (Å²) < 4.78 is 39.0. The first-order valence-electron chi connectivity index (χ1n) is 4.82. The fourth-order valence-corrected chi connectivity index (χ4v) is 3.01. The van der Waals surface area contributed by atoms with E-state index in [0.29, 0.717) is 4.46 Å². The van der Waals surface area contributed by atoms with Gasteiger partial charge in [0.2, 0.25) is 0 Å². The zero-order valence-electron chi connectivity index (χ0n) is 8.61. The van der Waals surface area contributed by atoms with Crippen LogP contribution in [0.4, 0.5) is 13.2 Å². The van der Waals surface area contributed by atoms with Gasteiger partial charge in [-0.2, -0.15) is 0 Å². The Morgan fingerprint density at radius 3 is 2.47 bits per heavy atom. The summed E-state index contributed by atoms with van der Waals surface area (Å²) >= 11 is -0.192. The van der Waals surface area contributed by atoms with Gasteiger partial charge in [0.1, 0.15) is 0 Å². The Morgan fingerprint density at radius 2 is 1.82 bits per heavy atom. The average molecular weight is 302 g/mol. The van der Waals surface area contributed by atoms with Gasteiger partial charge in [-0.3, -0.25) is 0 Å². The number of pyridine rings is 1. The van der Waals surface area contributed by atoms with E-state index in [2.05, 4.69) is 4.98 Å². The Balaban J connectivity index is 2.23. The SMILES string of the molecule is FC(F)(F)c1cccc([Se]c2ccccn2)c1. The van der Waals surface area contributed by atoms with Crippen molar-refractivity contribution in [3.05, 3.63) is 54.2 Å². The van der Waals surface area contributed by atoms with E-state index < -0.39 is 11.7 Å². The molecule has 1 heterocycles. The number of halogens is 3. The Morgan fingerprint density at radius 1 is 1.00 bits per heavy atom. The van der Waals surface area contributed by atoms with Gasteiger partial charge in [-0.1, -0.05) is 0 Å². The Kier molecular flexibility index (Phi) is 3.50. The molecule has 88 valence electrons. The van der Waals surface area contributed by atoms with E-state index in [1.165, 1.54) is 12.1 Å². The first kappa shape index (κ1) is 12.1. The van der Waals surface area contributed by atoms with Crippen LogP contribution in [0.5, 0.6) is 0 Å². The van der Waals surface area contributed by atoms with E-state index in [9.17, 15) is 13.2 Å². The van der Waals surface area contributed by atoms with Crippen LogP contribution in [0.3, 0.4) is 0 Å². The van der Waals surface area contributed by atoms with Crippen LogP contribution in [-0.4, -0.2) is 19.9 Å². The van der Waals surface area contributed by atoms with Crippen molar-refractivity contribution in [2.24, 2.45) is 0 Å². The summed E-state index contributed by atoms with van der Waals surface area (Å²) in [5.41, 5.74) is -0.604. The summed E-state index contributed by atoms with van der Waals surface area (Å²) in [4.78, 5) is 4.11. The van der Waals surface area contributed by atoms with Crippen molar-refractivity contribution in [2.45, 2.75) is 6.18 Å². The first-order chi connectivity index (χ1) is 8.05. The molecule has 0 saturated carbocycles. The van der Waals surface area contributed by atoms with Crippen molar-refractivity contribution in [2.75, 3.05) is 0 Å². The Labute approximate surface area is 103 Å². The van der Waals surface area contributed by atoms with Crippen LogP contribution in [-0.2, 0) is 6.18 Å². The number of benzene rings is 1. The van der Waals surface area contributed by atoms with E-state index in [0.717, 1.165) is 10.7 Å². The molecule has 0 fully saturated rings. The first-order valence-corrected chi connectivity index (χ1v) is 6.53. The predicted octanol–water partition coefficient (Wildman–Crippen LogP) is 1.76. The second-order valence-electron chi connectivity index (χ2n) is 3.30. The number of hydrogen-bond donors (Lipinski definition) is 0. The molecule has 0 aliphatic heterocycles. The van der Waals surface area contributed by atoms with Gasteiger partial charge in [-0.05, 0) is 0 Å². The van der Waals surface area contributed by atoms with Crippen LogP contribution in [0.15, 0.2) is 48.7 Å². The number of aromatic nitrogens is 1. The van der Waals surface area contributed by atoms with Gasteiger partial charge in [0.15, 0.2) is 0 Å². The van der Waals surface area contributed by atoms with Crippen molar-refractivity contribution in [3.63, 3.8) is 0 Å². The van der Waals surface area contributed by atoms with Crippen molar-refractivity contribution in [3.8, 4) is 0 Å². The van der Waals surface area contributed by atoms with Gasteiger partial charge in [-0.15, -0.1) is 0 Å². The van der Waals surface area contributed by atoms with Crippen LogP contribution < -0.4 is 9.05 Å². The van der Waals surface area contributed by atoms with Crippen molar-refractivity contribution in [1.29, 1.82) is 0 Å². The van der Waals surface area contributed by atoms with Gasteiger partial charge in [0, 0.05) is 0 Å². The molecule has 1 aromatic carbocycles. The Bertz CT molecular complexity index is 497. The summed E-state index contributed by atoms with van der Waals surface area (Å²) in [7, 11) is 0. The summed E-state index contributed by atoms with van der Waals surface area (Å²) in [6.07, 6.45) is -2.64. The molecule has 0 atom stereocenters. The summed E-state index contributed by atoms with van der Waals surface area (Å²) in [5, 5.41) is 0. The summed E-state index contributed by atoms with van der Waals surface area (Å²) in [6, 6.07) is 10.8. The molecular formula is C12H8F3NSe. The Hall–Kier alpha value is -1.32. The molecule has 0 amide bonds. The van der Waals surface area contributed by atoms with Gasteiger partial charge in [0.25, 0.3) is 0 Å². The van der Waals surface area contributed by atoms with Crippen molar-refractivity contribution >= 4 is 24.0 Å². The van der Waals surface area contributed by atoms with Crippen molar-refractivity contribution < 1.29 is 13.2 Å². The normalized spacial score (nSPS) is 11.5. The molecule has 0 bridgehead atoms. The molecule has 1 aromatic heterocycles. The van der Waals surface area contributed by atoms with E-state index in [4.69, 9.17) is 0 Å². The number of hydrogen-bond acceptors (Lipinski definition) is 1. The molecule has 0 unspecified atom stereocenters. The molecule has 0 radical (unpaired) electrons. The maximum atomic E-state index is 12.5.